The molecule has 0 saturated carbocycles. The van der Waals surface area contributed by atoms with Crippen molar-refractivity contribution in [3.8, 4) is 0 Å². The predicted octanol–water partition coefficient (Wildman–Crippen LogP) is 1.25. The molecule has 8 nitrogen and oxygen atoms in total. The Hall–Kier alpha value is -2.06. The molecule has 0 bridgehead atoms. The molecule has 2 aliphatic rings. The number of hydrogen-bond donors (Lipinski definition) is 1. The summed E-state index contributed by atoms with van der Waals surface area (Å²) in [5.74, 6) is -0.119. The molecule has 1 aromatic rings. The summed E-state index contributed by atoms with van der Waals surface area (Å²) in [5.41, 5.74) is 0.538. The zero-order valence-electron chi connectivity index (χ0n) is 16.2. The van der Waals surface area contributed by atoms with E-state index in [0.717, 1.165) is 52.1 Å². The quantitative estimate of drug-likeness (QED) is 0.806. The van der Waals surface area contributed by atoms with Crippen molar-refractivity contribution in [2.75, 3.05) is 53.5 Å². The number of nitrogens with zero attached hydrogens (tertiary/aromatic N) is 3. The first-order chi connectivity index (χ1) is 13.1. The number of nitrogens with one attached hydrogen (secondary N) is 1. The van der Waals surface area contributed by atoms with Gasteiger partial charge in [0.05, 0.1) is 11.8 Å². The topological polar surface area (TPSA) is 78.3 Å². The van der Waals surface area contributed by atoms with Crippen molar-refractivity contribution in [2.24, 2.45) is 0 Å². The summed E-state index contributed by atoms with van der Waals surface area (Å²) in [4.78, 5) is 30.4. The highest BCUT2D eigenvalue weighted by Crippen LogP contribution is 2.23. The van der Waals surface area contributed by atoms with Gasteiger partial charge in [-0.2, -0.15) is 0 Å². The number of likely N-dealkylation sites (tertiary alicyclic amines) is 1. The lowest BCUT2D eigenvalue weighted by molar-refractivity contribution is 0.0188. The van der Waals surface area contributed by atoms with Crippen LogP contribution >= 0.6 is 0 Å². The lowest BCUT2D eigenvalue weighted by Crippen LogP contribution is -2.50. The number of hydrogen-bond acceptors (Lipinski definition) is 5. The van der Waals surface area contributed by atoms with Gasteiger partial charge < -0.3 is 24.3 Å². The SMILES string of the molecule is CN(C)C(=O)N1CCC(N(CCNC(=O)c2ccoc2)C2CCOCC2)C1. The zero-order chi connectivity index (χ0) is 19.2. The third-order valence-electron chi connectivity index (χ3n) is 5.38. The van der Waals surface area contributed by atoms with Crippen LogP contribution in [0.25, 0.3) is 0 Å². The summed E-state index contributed by atoms with van der Waals surface area (Å²) in [6.45, 7) is 4.40. The van der Waals surface area contributed by atoms with Crippen molar-refractivity contribution < 1.29 is 18.7 Å². The second-order valence-corrected chi connectivity index (χ2v) is 7.41. The third kappa shape index (κ3) is 5.01. The van der Waals surface area contributed by atoms with Gasteiger partial charge in [0.2, 0.25) is 0 Å². The first-order valence-electron chi connectivity index (χ1n) is 9.66. The van der Waals surface area contributed by atoms with Crippen LogP contribution in [0.4, 0.5) is 4.79 Å². The molecule has 0 spiro atoms. The van der Waals surface area contributed by atoms with Gasteiger partial charge in [-0.3, -0.25) is 9.69 Å². The molecule has 3 heterocycles. The molecule has 1 aromatic heterocycles. The number of carbonyl (C=O) groups is 2. The van der Waals surface area contributed by atoms with E-state index in [1.807, 2.05) is 4.90 Å². The van der Waals surface area contributed by atoms with Gasteiger partial charge in [0.25, 0.3) is 5.91 Å². The predicted molar refractivity (Wildman–Crippen MR) is 101 cm³/mol. The van der Waals surface area contributed by atoms with Crippen LogP contribution in [0.2, 0.25) is 0 Å². The van der Waals surface area contributed by atoms with Gasteiger partial charge in [-0.15, -0.1) is 0 Å². The highest BCUT2D eigenvalue weighted by atomic mass is 16.5. The van der Waals surface area contributed by atoms with Gasteiger partial charge in [-0.1, -0.05) is 0 Å². The Bertz CT molecular complexity index is 613. The average molecular weight is 378 g/mol. The first kappa shape index (κ1) is 19.7. The molecule has 3 amide bonds. The number of furan rings is 1. The Morgan fingerprint density at radius 2 is 2.00 bits per heavy atom. The molecule has 1 N–H and O–H groups in total. The van der Waals surface area contributed by atoms with E-state index in [9.17, 15) is 9.59 Å². The molecule has 0 radical (unpaired) electrons. The number of amides is 3. The Morgan fingerprint density at radius 1 is 1.22 bits per heavy atom. The van der Waals surface area contributed by atoms with E-state index in [1.54, 1.807) is 25.1 Å². The molecular weight excluding hydrogens is 348 g/mol. The molecule has 1 unspecified atom stereocenters. The fourth-order valence-electron chi connectivity index (χ4n) is 3.94. The zero-order valence-corrected chi connectivity index (χ0v) is 16.2. The van der Waals surface area contributed by atoms with E-state index >= 15 is 0 Å². The van der Waals surface area contributed by atoms with E-state index in [0.29, 0.717) is 24.2 Å². The molecule has 1 atom stereocenters. The maximum atomic E-state index is 12.3. The molecule has 0 aliphatic carbocycles. The van der Waals surface area contributed by atoms with Crippen LogP contribution in [-0.2, 0) is 4.74 Å². The minimum atomic E-state index is -0.119. The smallest absolute Gasteiger partial charge is 0.319 e. The van der Waals surface area contributed by atoms with Gasteiger partial charge in [-0.25, -0.2) is 4.79 Å². The summed E-state index contributed by atoms with van der Waals surface area (Å²) >= 11 is 0. The largest absolute Gasteiger partial charge is 0.472 e. The van der Waals surface area contributed by atoms with Crippen LogP contribution in [-0.4, -0.2) is 92.2 Å². The molecule has 2 saturated heterocycles. The molecule has 8 heteroatoms. The highest BCUT2D eigenvalue weighted by Gasteiger charge is 2.34. The van der Waals surface area contributed by atoms with Crippen molar-refractivity contribution in [1.82, 2.24) is 20.0 Å². The van der Waals surface area contributed by atoms with Crippen LogP contribution in [0.15, 0.2) is 23.0 Å². The standard InChI is InChI=1S/C19H30N4O4/c1-21(2)19(25)22-8-3-17(13-22)23(16-5-11-26-12-6-16)9-7-20-18(24)15-4-10-27-14-15/h4,10,14,16-17H,3,5-9,11-13H2,1-2H3,(H,20,24). The summed E-state index contributed by atoms with van der Waals surface area (Å²) in [7, 11) is 3.58. The summed E-state index contributed by atoms with van der Waals surface area (Å²) in [6, 6.07) is 2.48. The Labute approximate surface area is 160 Å². The second kappa shape index (κ2) is 9.23. The lowest BCUT2D eigenvalue weighted by atomic mass is 10.0. The van der Waals surface area contributed by atoms with Gasteiger partial charge >= 0.3 is 6.03 Å². The van der Waals surface area contributed by atoms with E-state index in [4.69, 9.17) is 9.15 Å². The number of rotatable bonds is 6. The Morgan fingerprint density at radius 3 is 2.67 bits per heavy atom. The Balaban J connectivity index is 1.57. The van der Waals surface area contributed by atoms with Crippen LogP contribution < -0.4 is 5.32 Å². The highest BCUT2D eigenvalue weighted by molar-refractivity contribution is 5.93. The number of carbonyl (C=O) groups excluding carboxylic acids is 2. The first-order valence-corrected chi connectivity index (χ1v) is 9.66. The van der Waals surface area contributed by atoms with E-state index in [1.165, 1.54) is 12.5 Å². The van der Waals surface area contributed by atoms with Crippen LogP contribution in [0, 0.1) is 0 Å². The average Bonchev–Trinajstić information content (AvgIpc) is 3.37. The van der Waals surface area contributed by atoms with Crippen molar-refractivity contribution in [3.63, 3.8) is 0 Å². The van der Waals surface area contributed by atoms with Crippen molar-refractivity contribution in [2.45, 2.75) is 31.3 Å². The van der Waals surface area contributed by atoms with E-state index in [-0.39, 0.29) is 11.9 Å². The van der Waals surface area contributed by atoms with Crippen molar-refractivity contribution in [1.29, 1.82) is 0 Å². The molecule has 2 fully saturated rings. The van der Waals surface area contributed by atoms with Crippen LogP contribution in [0.3, 0.4) is 0 Å². The van der Waals surface area contributed by atoms with Crippen LogP contribution in [0.1, 0.15) is 29.6 Å². The van der Waals surface area contributed by atoms with Crippen molar-refractivity contribution >= 4 is 11.9 Å². The third-order valence-corrected chi connectivity index (χ3v) is 5.38. The minimum Gasteiger partial charge on any atom is -0.472 e. The normalized spacial score (nSPS) is 20.9. The monoisotopic (exact) mass is 378 g/mol. The number of ether oxygens (including phenoxy) is 1. The molecule has 2 aliphatic heterocycles. The molecule has 27 heavy (non-hydrogen) atoms. The van der Waals surface area contributed by atoms with E-state index < -0.39 is 0 Å². The maximum absolute atomic E-state index is 12.3. The lowest BCUT2D eigenvalue weighted by Gasteiger charge is -2.38. The van der Waals surface area contributed by atoms with Gasteiger partial charge in [0.15, 0.2) is 0 Å². The molecule has 150 valence electrons. The fraction of sp³-hybridized carbons (Fsp3) is 0.684. The fourth-order valence-corrected chi connectivity index (χ4v) is 3.94. The van der Waals surface area contributed by atoms with Gasteiger partial charge in [0, 0.05) is 65.6 Å². The summed E-state index contributed by atoms with van der Waals surface area (Å²) in [6.07, 6.45) is 5.90. The molecular formula is C19H30N4O4. The summed E-state index contributed by atoms with van der Waals surface area (Å²) < 4.78 is 10.5. The van der Waals surface area contributed by atoms with Crippen molar-refractivity contribution in [3.05, 3.63) is 24.2 Å². The summed E-state index contributed by atoms with van der Waals surface area (Å²) in [5, 5.41) is 2.97. The van der Waals surface area contributed by atoms with Crippen LogP contribution in [0.5, 0.6) is 0 Å². The Kier molecular flexibility index (Phi) is 6.73. The molecule has 3 rings (SSSR count). The van der Waals surface area contributed by atoms with Gasteiger partial charge in [0.1, 0.15) is 6.26 Å². The number of urea groups is 1. The second-order valence-electron chi connectivity index (χ2n) is 7.41. The van der Waals surface area contributed by atoms with Gasteiger partial charge in [-0.05, 0) is 25.3 Å². The maximum Gasteiger partial charge on any atom is 0.319 e. The van der Waals surface area contributed by atoms with E-state index in [2.05, 4.69) is 10.2 Å². The molecule has 0 aromatic carbocycles. The minimum absolute atomic E-state index is 0.0673.